The number of benzene rings is 2. The lowest BCUT2D eigenvalue weighted by Crippen LogP contribution is -2.12. The van der Waals surface area contributed by atoms with Gasteiger partial charge in [-0.15, -0.1) is 0 Å². The quantitative estimate of drug-likeness (QED) is 0.506. The Balaban J connectivity index is 2.09. The zero-order chi connectivity index (χ0) is 14.8. The van der Waals surface area contributed by atoms with Gasteiger partial charge in [-0.05, 0) is 30.3 Å². The third-order valence-electron chi connectivity index (χ3n) is 4.24. The van der Waals surface area contributed by atoms with E-state index in [1.165, 1.54) is 0 Å². The van der Waals surface area contributed by atoms with Gasteiger partial charge in [0.1, 0.15) is 5.75 Å². The summed E-state index contributed by atoms with van der Waals surface area (Å²) < 4.78 is 17.9. The van der Waals surface area contributed by atoms with Gasteiger partial charge in [-0.3, -0.25) is 9.20 Å². The van der Waals surface area contributed by atoms with Gasteiger partial charge in [0.15, 0.2) is 11.5 Å². The average molecular weight is 293 g/mol. The van der Waals surface area contributed by atoms with Crippen molar-refractivity contribution in [3.8, 4) is 17.2 Å². The second-order valence-electron chi connectivity index (χ2n) is 5.35. The molecule has 1 aliphatic rings. The summed E-state index contributed by atoms with van der Waals surface area (Å²) in [4.78, 5) is 12.7. The molecular formula is C17H11NO4. The molecule has 1 aliphatic heterocycles. The molecule has 0 N–H and O–H groups in total. The SMILES string of the molecule is COc1cc2ccn3c(=O)c4cc5c(cc4c(c1)c23)OCO5. The lowest BCUT2D eigenvalue weighted by atomic mass is 10.0. The van der Waals surface area contributed by atoms with Gasteiger partial charge in [0.2, 0.25) is 6.79 Å². The highest BCUT2D eigenvalue weighted by atomic mass is 16.7. The van der Waals surface area contributed by atoms with Gasteiger partial charge in [0, 0.05) is 22.4 Å². The lowest BCUT2D eigenvalue weighted by molar-refractivity contribution is 0.174. The van der Waals surface area contributed by atoms with Crippen LogP contribution < -0.4 is 19.8 Å². The summed E-state index contributed by atoms with van der Waals surface area (Å²) >= 11 is 0. The Morgan fingerprint density at radius 3 is 2.59 bits per heavy atom. The first-order chi connectivity index (χ1) is 10.8. The van der Waals surface area contributed by atoms with Crippen LogP contribution in [0.25, 0.3) is 27.1 Å². The number of nitrogens with zero attached hydrogens (tertiary/aromatic N) is 1. The van der Waals surface area contributed by atoms with Crippen LogP contribution in [0.5, 0.6) is 17.2 Å². The second-order valence-corrected chi connectivity index (χ2v) is 5.35. The van der Waals surface area contributed by atoms with Crippen molar-refractivity contribution in [2.75, 3.05) is 13.9 Å². The Morgan fingerprint density at radius 2 is 1.82 bits per heavy atom. The van der Waals surface area contributed by atoms with E-state index < -0.39 is 0 Å². The van der Waals surface area contributed by atoms with Crippen molar-refractivity contribution < 1.29 is 14.2 Å². The van der Waals surface area contributed by atoms with E-state index in [4.69, 9.17) is 14.2 Å². The fourth-order valence-corrected chi connectivity index (χ4v) is 3.22. The Morgan fingerprint density at radius 1 is 1.05 bits per heavy atom. The lowest BCUT2D eigenvalue weighted by Gasteiger charge is -2.09. The van der Waals surface area contributed by atoms with Gasteiger partial charge in [-0.25, -0.2) is 0 Å². The van der Waals surface area contributed by atoms with Crippen LogP contribution >= 0.6 is 0 Å². The summed E-state index contributed by atoms with van der Waals surface area (Å²) in [5, 5.41) is 3.41. The fraction of sp³-hybridized carbons (Fsp3) is 0.118. The number of methoxy groups -OCH3 is 1. The molecule has 0 bridgehead atoms. The number of hydrogen-bond donors (Lipinski definition) is 0. The third kappa shape index (κ3) is 1.30. The van der Waals surface area contributed by atoms with Crippen LogP contribution in [0.1, 0.15) is 0 Å². The number of aromatic nitrogens is 1. The van der Waals surface area contributed by atoms with E-state index in [1.54, 1.807) is 23.8 Å². The average Bonchev–Trinajstić information content (AvgIpc) is 3.17. The Hall–Kier alpha value is -2.95. The summed E-state index contributed by atoms with van der Waals surface area (Å²) in [6, 6.07) is 9.44. The zero-order valence-corrected chi connectivity index (χ0v) is 11.8. The minimum absolute atomic E-state index is 0.0547. The molecule has 2 aromatic carbocycles. The molecule has 0 saturated carbocycles. The highest BCUT2D eigenvalue weighted by Gasteiger charge is 2.19. The number of ether oxygens (including phenoxy) is 3. The summed E-state index contributed by atoms with van der Waals surface area (Å²) in [6.45, 7) is 0.187. The molecule has 0 atom stereocenters. The van der Waals surface area contributed by atoms with Gasteiger partial charge in [0.05, 0.1) is 18.0 Å². The molecule has 3 heterocycles. The minimum atomic E-state index is -0.0547. The van der Waals surface area contributed by atoms with E-state index in [2.05, 4.69) is 0 Å². The van der Waals surface area contributed by atoms with E-state index in [0.29, 0.717) is 16.9 Å². The molecule has 0 fully saturated rings. The molecule has 5 heteroatoms. The fourth-order valence-electron chi connectivity index (χ4n) is 3.22. The Kier molecular flexibility index (Phi) is 2.03. The van der Waals surface area contributed by atoms with Crippen LogP contribution in [0.3, 0.4) is 0 Å². The van der Waals surface area contributed by atoms with E-state index in [0.717, 1.165) is 27.4 Å². The molecule has 108 valence electrons. The van der Waals surface area contributed by atoms with Crippen molar-refractivity contribution >= 4 is 27.1 Å². The zero-order valence-electron chi connectivity index (χ0n) is 11.8. The first-order valence-electron chi connectivity index (χ1n) is 6.94. The maximum atomic E-state index is 12.7. The highest BCUT2D eigenvalue weighted by molar-refractivity contribution is 6.13. The van der Waals surface area contributed by atoms with Crippen LogP contribution in [-0.2, 0) is 0 Å². The molecule has 4 aromatic rings. The van der Waals surface area contributed by atoms with Crippen molar-refractivity contribution in [1.82, 2.24) is 4.40 Å². The summed E-state index contributed by atoms with van der Waals surface area (Å²) in [6.07, 6.45) is 1.80. The predicted molar refractivity (Wildman–Crippen MR) is 82.5 cm³/mol. The first kappa shape index (κ1) is 11.7. The van der Waals surface area contributed by atoms with Gasteiger partial charge >= 0.3 is 0 Å². The molecule has 0 amide bonds. The Bertz CT molecular complexity index is 1110. The number of rotatable bonds is 1. The van der Waals surface area contributed by atoms with E-state index in [9.17, 15) is 4.79 Å². The van der Waals surface area contributed by atoms with Gasteiger partial charge < -0.3 is 14.2 Å². The van der Waals surface area contributed by atoms with Gasteiger partial charge in [0.25, 0.3) is 5.56 Å². The minimum Gasteiger partial charge on any atom is -0.497 e. The van der Waals surface area contributed by atoms with Crippen molar-refractivity contribution in [3.63, 3.8) is 0 Å². The predicted octanol–water partition coefficient (Wildman–Crippen LogP) is 2.78. The standard InChI is InChI=1S/C17H11NO4/c1-20-10-4-9-2-3-18-16(9)12(5-10)11-6-14-15(22-8-21-14)7-13(11)17(18)19/h2-7H,8H2,1H3. The van der Waals surface area contributed by atoms with Crippen molar-refractivity contribution in [2.45, 2.75) is 0 Å². The van der Waals surface area contributed by atoms with E-state index >= 15 is 0 Å². The summed E-state index contributed by atoms with van der Waals surface area (Å²) in [5.41, 5.74) is 0.845. The molecule has 0 unspecified atom stereocenters. The third-order valence-corrected chi connectivity index (χ3v) is 4.24. The number of pyridine rings is 1. The second kappa shape index (κ2) is 3.82. The van der Waals surface area contributed by atoms with Crippen molar-refractivity contribution in [1.29, 1.82) is 0 Å². The molecule has 2 aromatic heterocycles. The summed E-state index contributed by atoms with van der Waals surface area (Å²) in [7, 11) is 1.64. The van der Waals surface area contributed by atoms with Crippen LogP contribution in [0.15, 0.2) is 41.3 Å². The van der Waals surface area contributed by atoms with Crippen molar-refractivity contribution in [3.05, 3.63) is 46.9 Å². The normalized spacial score (nSPS) is 13.5. The smallest absolute Gasteiger partial charge is 0.263 e. The van der Waals surface area contributed by atoms with Crippen molar-refractivity contribution in [2.24, 2.45) is 0 Å². The topological polar surface area (TPSA) is 49.2 Å². The number of fused-ring (bicyclic) bond motifs is 3. The van der Waals surface area contributed by atoms with Crippen LogP contribution in [0.4, 0.5) is 0 Å². The van der Waals surface area contributed by atoms with Gasteiger partial charge in [-0.1, -0.05) is 0 Å². The first-order valence-corrected chi connectivity index (χ1v) is 6.94. The van der Waals surface area contributed by atoms with Crippen LogP contribution in [0.2, 0.25) is 0 Å². The molecule has 22 heavy (non-hydrogen) atoms. The van der Waals surface area contributed by atoms with Crippen LogP contribution in [0, 0.1) is 0 Å². The van der Waals surface area contributed by atoms with E-state index in [-0.39, 0.29) is 12.4 Å². The van der Waals surface area contributed by atoms with E-state index in [1.807, 2.05) is 24.3 Å². The largest absolute Gasteiger partial charge is 0.497 e. The molecular weight excluding hydrogens is 282 g/mol. The van der Waals surface area contributed by atoms with Crippen LogP contribution in [-0.4, -0.2) is 18.3 Å². The Labute approximate surface area is 124 Å². The molecule has 0 radical (unpaired) electrons. The molecule has 0 spiro atoms. The maximum absolute atomic E-state index is 12.7. The highest BCUT2D eigenvalue weighted by Crippen LogP contribution is 2.39. The monoisotopic (exact) mass is 293 g/mol. The molecule has 5 rings (SSSR count). The molecule has 5 nitrogen and oxygen atoms in total. The molecule has 0 saturated heterocycles. The number of hydrogen-bond acceptors (Lipinski definition) is 4. The van der Waals surface area contributed by atoms with Gasteiger partial charge in [-0.2, -0.15) is 0 Å². The molecule has 0 aliphatic carbocycles. The maximum Gasteiger partial charge on any atom is 0.263 e. The summed E-state index contributed by atoms with van der Waals surface area (Å²) in [5.74, 6) is 2.04.